The van der Waals surface area contributed by atoms with Crippen LogP contribution in [0.3, 0.4) is 0 Å². The molecule has 2 amide bonds. The lowest BCUT2D eigenvalue weighted by molar-refractivity contribution is -0.137. The van der Waals surface area contributed by atoms with Gasteiger partial charge >= 0.3 is 0 Å². The average molecular weight is 661 g/mol. The molecule has 3 heterocycles. The van der Waals surface area contributed by atoms with Crippen molar-refractivity contribution < 1.29 is 19.4 Å². The maximum atomic E-state index is 13.8. The first kappa shape index (κ1) is 32.3. The highest BCUT2D eigenvalue weighted by Gasteiger charge is 2.61. The molecule has 4 fully saturated rings. The molecule has 0 spiro atoms. The highest BCUT2D eigenvalue weighted by molar-refractivity contribution is 5.98. The minimum Gasteiger partial charge on any atom is -0.496 e. The summed E-state index contributed by atoms with van der Waals surface area (Å²) in [5.74, 6) is 5.12. The Kier molecular flexibility index (Phi) is 8.20. The van der Waals surface area contributed by atoms with Crippen LogP contribution < -0.4 is 4.74 Å². The monoisotopic (exact) mass is 660 g/mol. The van der Waals surface area contributed by atoms with E-state index in [1.807, 2.05) is 35.2 Å². The number of aromatic nitrogens is 1. The Morgan fingerprint density at radius 1 is 1.02 bits per heavy atom. The fourth-order valence-electron chi connectivity index (χ4n) is 10.4. The normalized spacial score (nSPS) is 31.1. The Morgan fingerprint density at radius 2 is 1.84 bits per heavy atom. The molecule has 0 radical (unpaired) electrons. The van der Waals surface area contributed by atoms with Crippen molar-refractivity contribution in [1.82, 2.24) is 19.7 Å². The van der Waals surface area contributed by atoms with Gasteiger partial charge in [-0.25, -0.2) is 4.98 Å². The molecule has 2 aliphatic heterocycles. The molecular weight excluding hydrogens is 612 g/mol. The summed E-state index contributed by atoms with van der Waals surface area (Å²) < 4.78 is 5.95. The summed E-state index contributed by atoms with van der Waals surface area (Å²) in [6.07, 6.45) is 13.3. The van der Waals surface area contributed by atoms with Crippen LogP contribution in [0.25, 0.3) is 10.9 Å². The number of piperazine rings is 1. The van der Waals surface area contributed by atoms with E-state index in [1.54, 1.807) is 18.1 Å². The number of hydrogen-bond donors (Lipinski definition) is 1. The third kappa shape index (κ3) is 5.32. The molecule has 0 bridgehead atoms. The van der Waals surface area contributed by atoms with Crippen LogP contribution in [-0.2, 0) is 17.8 Å². The zero-order valence-electron chi connectivity index (χ0n) is 28.9. The number of rotatable bonds is 5. The number of carbonyl (C=O) groups is 2. The molecule has 8 heteroatoms. The molecule has 0 unspecified atom stereocenters. The molecule has 3 aliphatic carbocycles. The van der Waals surface area contributed by atoms with Gasteiger partial charge in [-0.1, -0.05) is 43.2 Å². The van der Waals surface area contributed by atoms with E-state index in [9.17, 15) is 14.7 Å². The summed E-state index contributed by atoms with van der Waals surface area (Å²) in [6, 6.07) is 15.7. The van der Waals surface area contributed by atoms with Crippen molar-refractivity contribution in [2.24, 2.45) is 17.3 Å². The molecular formula is C41H48N4O4. The van der Waals surface area contributed by atoms with Crippen LogP contribution in [0.1, 0.15) is 85.0 Å². The van der Waals surface area contributed by atoms with Gasteiger partial charge in [0, 0.05) is 55.6 Å². The number of hydrogen-bond acceptors (Lipinski definition) is 6. The van der Waals surface area contributed by atoms with Crippen LogP contribution in [0, 0.1) is 29.6 Å². The molecule has 1 aromatic heterocycles. The van der Waals surface area contributed by atoms with E-state index in [2.05, 4.69) is 34.9 Å². The zero-order chi connectivity index (χ0) is 33.9. The van der Waals surface area contributed by atoms with Gasteiger partial charge in [0.05, 0.1) is 12.6 Å². The molecule has 6 atom stereocenters. The number of para-hydroxylation sites is 1. The maximum Gasteiger partial charge on any atom is 0.273 e. The summed E-state index contributed by atoms with van der Waals surface area (Å²) in [5.41, 5.74) is 4.06. The Labute approximate surface area is 289 Å². The first-order valence-corrected chi connectivity index (χ1v) is 18.3. The van der Waals surface area contributed by atoms with Gasteiger partial charge in [-0.05, 0) is 98.4 Å². The minimum atomic E-state index is -0.989. The quantitative estimate of drug-likeness (QED) is 0.369. The van der Waals surface area contributed by atoms with Crippen LogP contribution in [-0.4, -0.2) is 88.1 Å². The van der Waals surface area contributed by atoms with Crippen molar-refractivity contribution >= 4 is 22.7 Å². The molecule has 49 heavy (non-hydrogen) atoms. The second kappa shape index (κ2) is 12.4. The number of aryl methyl sites for hydroxylation is 1. The number of nitrogens with zero attached hydrogens (tertiary/aromatic N) is 4. The van der Waals surface area contributed by atoms with E-state index in [-0.39, 0.29) is 17.2 Å². The predicted molar refractivity (Wildman–Crippen MR) is 189 cm³/mol. The number of fused-ring (bicyclic) bond motifs is 6. The van der Waals surface area contributed by atoms with E-state index >= 15 is 0 Å². The van der Waals surface area contributed by atoms with Crippen LogP contribution in [0.15, 0.2) is 48.5 Å². The number of aliphatic hydroxyl groups is 1. The van der Waals surface area contributed by atoms with Gasteiger partial charge in [0.25, 0.3) is 5.91 Å². The van der Waals surface area contributed by atoms with Gasteiger partial charge in [-0.2, -0.15) is 0 Å². The van der Waals surface area contributed by atoms with Crippen molar-refractivity contribution in [1.29, 1.82) is 0 Å². The number of carbonyl (C=O) groups excluding carboxylic acids is 2. The summed E-state index contributed by atoms with van der Waals surface area (Å²) in [5, 5.41) is 12.4. The Balaban J connectivity index is 0.931. The van der Waals surface area contributed by atoms with E-state index in [1.165, 1.54) is 16.7 Å². The first-order chi connectivity index (χ1) is 23.7. The lowest BCUT2D eigenvalue weighted by atomic mass is 9.53. The predicted octanol–water partition coefficient (Wildman–Crippen LogP) is 5.41. The number of pyridine rings is 1. The number of benzene rings is 2. The molecule has 2 saturated heterocycles. The fourth-order valence-corrected chi connectivity index (χ4v) is 10.4. The number of amides is 2. The Morgan fingerprint density at radius 3 is 2.63 bits per heavy atom. The van der Waals surface area contributed by atoms with Gasteiger partial charge in [0.2, 0.25) is 5.91 Å². The molecule has 2 aromatic carbocycles. The maximum absolute atomic E-state index is 13.8. The molecule has 2 saturated carbocycles. The number of ether oxygens (including phenoxy) is 1. The highest BCUT2D eigenvalue weighted by atomic mass is 16.5. The van der Waals surface area contributed by atoms with Gasteiger partial charge < -0.3 is 19.6 Å². The zero-order valence-corrected chi connectivity index (χ0v) is 28.9. The van der Waals surface area contributed by atoms with Crippen molar-refractivity contribution in [3.8, 4) is 18.1 Å². The average Bonchev–Trinajstić information content (AvgIpc) is 3.73. The van der Waals surface area contributed by atoms with Gasteiger partial charge in [0.1, 0.15) is 23.1 Å². The van der Waals surface area contributed by atoms with Crippen molar-refractivity contribution in [3.63, 3.8) is 0 Å². The molecule has 256 valence electrons. The van der Waals surface area contributed by atoms with Crippen molar-refractivity contribution in [3.05, 3.63) is 70.9 Å². The van der Waals surface area contributed by atoms with Crippen molar-refractivity contribution in [2.45, 2.75) is 82.4 Å². The topological polar surface area (TPSA) is 86.2 Å². The highest BCUT2D eigenvalue weighted by Crippen LogP contribution is 2.64. The second-order valence-corrected chi connectivity index (χ2v) is 15.4. The number of methoxy groups -OCH3 is 1. The fraction of sp³-hybridized carbons (Fsp3) is 0.537. The van der Waals surface area contributed by atoms with E-state index in [4.69, 9.17) is 11.2 Å². The van der Waals surface area contributed by atoms with Crippen LogP contribution >= 0.6 is 0 Å². The second-order valence-electron chi connectivity index (χ2n) is 15.4. The lowest BCUT2D eigenvalue weighted by Crippen LogP contribution is -2.54. The number of terminal acetylenes is 1. The SMILES string of the molecule is C#C[C@@]1(O)CC[C@H]2[C@@H]3CCc4cc(OC)c(CN5CCN(C(=O)[C@@H]6CCCN6C(=O)c6ccc7ccccc7n6)CC5)cc4[C@H]3CC[C@@]21C. The largest absolute Gasteiger partial charge is 0.496 e. The van der Waals surface area contributed by atoms with E-state index in [0.29, 0.717) is 55.9 Å². The van der Waals surface area contributed by atoms with Crippen LogP contribution in [0.2, 0.25) is 0 Å². The third-order valence-electron chi connectivity index (χ3n) is 13.2. The summed E-state index contributed by atoms with van der Waals surface area (Å²) in [4.78, 5) is 38.1. The summed E-state index contributed by atoms with van der Waals surface area (Å²) >= 11 is 0. The molecule has 8 nitrogen and oxygen atoms in total. The van der Waals surface area contributed by atoms with Crippen LogP contribution in [0.5, 0.6) is 5.75 Å². The van der Waals surface area contributed by atoms with Gasteiger partial charge in [-0.15, -0.1) is 6.42 Å². The lowest BCUT2D eigenvalue weighted by Gasteiger charge is -2.52. The first-order valence-electron chi connectivity index (χ1n) is 18.3. The Hall–Kier alpha value is -3.93. The smallest absolute Gasteiger partial charge is 0.273 e. The molecule has 3 aromatic rings. The van der Waals surface area contributed by atoms with Gasteiger partial charge in [-0.3, -0.25) is 14.5 Å². The van der Waals surface area contributed by atoms with E-state index in [0.717, 1.165) is 74.8 Å². The van der Waals surface area contributed by atoms with E-state index < -0.39 is 11.6 Å². The minimum absolute atomic E-state index is 0.0524. The summed E-state index contributed by atoms with van der Waals surface area (Å²) in [6.45, 7) is 6.42. The van der Waals surface area contributed by atoms with Gasteiger partial charge in [0.15, 0.2) is 0 Å². The standard InChI is InChI=1S/C41H48N4O4/c1-4-41(48)18-16-33-31-13-11-28-25-37(49-3)29(24-32(28)30(31)15-17-40(33,41)2)26-43-20-22-44(23-21-43)39(47)36-10-7-19-45(36)38(46)35-14-12-27-8-5-6-9-34(27)42-35/h1,5-6,8-9,12,14,24-25,30-31,33,36,48H,7,10-11,13,15-23,26H2,2-3H3/t30-,31+,33-,36-,40-,41+/m0/s1. The van der Waals surface area contributed by atoms with Crippen molar-refractivity contribution in [2.75, 3.05) is 39.8 Å². The molecule has 8 rings (SSSR count). The molecule has 5 aliphatic rings. The summed E-state index contributed by atoms with van der Waals surface area (Å²) in [7, 11) is 1.76. The molecule has 1 N–H and O–H groups in total. The van der Waals surface area contributed by atoms with Crippen LogP contribution in [0.4, 0.5) is 0 Å². The third-order valence-corrected chi connectivity index (χ3v) is 13.2. The Bertz CT molecular complexity index is 1830. The number of likely N-dealkylation sites (tertiary alicyclic amines) is 1.